The first-order valence-corrected chi connectivity index (χ1v) is 6.90. The minimum atomic E-state index is -0.375. The Hall–Kier alpha value is -1.55. The molecular weight excluding hydrogens is 240 g/mol. The highest BCUT2D eigenvalue weighted by molar-refractivity contribution is 5.73. The first kappa shape index (κ1) is 13.9. The van der Waals surface area contributed by atoms with E-state index in [2.05, 4.69) is 10.2 Å². The van der Waals surface area contributed by atoms with E-state index in [4.69, 9.17) is 0 Å². The summed E-state index contributed by atoms with van der Waals surface area (Å²) in [7, 11) is 0. The van der Waals surface area contributed by atoms with Crippen LogP contribution >= 0.6 is 0 Å². The molecule has 1 amide bonds. The number of carbonyl (C=O) groups excluding carboxylic acids is 1. The lowest BCUT2D eigenvalue weighted by Crippen LogP contribution is -2.35. The van der Waals surface area contributed by atoms with E-state index in [9.17, 15) is 9.90 Å². The van der Waals surface area contributed by atoms with Gasteiger partial charge in [0, 0.05) is 31.7 Å². The van der Waals surface area contributed by atoms with Crippen molar-refractivity contribution in [1.29, 1.82) is 0 Å². The second kappa shape index (κ2) is 6.06. The summed E-state index contributed by atoms with van der Waals surface area (Å²) in [6.07, 6.45) is 1.34. The number of amides is 1. The Labute approximate surface area is 114 Å². The van der Waals surface area contributed by atoms with Gasteiger partial charge in [-0.25, -0.2) is 0 Å². The van der Waals surface area contributed by atoms with Crippen LogP contribution in [0.5, 0.6) is 0 Å². The largest absolute Gasteiger partial charge is 0.388 e. The van der Waals surface area contributed by atoms with Gasteiger partial charge in [0.05, 0.1) is 6.10 Å². The molecule has 1 fully saturated rings. The molecule has 1 unspecified atom stereocenters. The molecule has 2 N–H and O–H groups in total. The third-order valence-corrected chi connectivity index (χ3v) is 3.63. The van der Waals surface area contributed by atoms with Gasteiger partial charge in [-0.3, -0.25) is 4.79 Å². The Morgan fingerprint density at radius 3 is 2.74 bits per heavy atom. The molecule has 2 rings (SSSR count). The number of aliphatic hydroxyl groups is 1. The zero-order valence-corrected chi connectivity index (χ0v) is 11.6. The van der Waals surface area contributed by atoms with E-state index in [1.807, 2.05) is 31.2 Å². The van der Waals surface area contributed by atoms with E-state index in [-0.39, 0.29) is 18.1 Å². The van der Waals surface area contributed by atoms with Crippen molar-refractivity contribution in [2.45, 2.75) is 38.8 Å². The molecule has 4 heteroatoms. The fourth-order valence-corrected chi connectivity index (χ4v) is 2.54. The van der Waals surface area contributed by atoms with Gasteiger partial charge in [-0.1, -0.05) is 19.1 Å². The number of aliphatic hydroxyl groups excluding tert-OH is 1. The molecular formula is C15H22N2O2. The summed E-state index contributed by atoms with van der Waals surface area (Å²) in [5.74, 6) is 0.0354. The number of carbonyl (C=O) groups is 1. The number of hydrogen-bond donors (Lipinski definition) is 2. The number of nitrogens with zero attached hydrogens (tertiary/aromatic N) is 1. The average molecular weight is 262 g/mol. The predicted octanol–water partition coefficient (Wildman–Crippen LogP) is 1.84. The first-order chi connectivity index (χ1) is 9.10. The second-order valence-corrected chi connectivity index (χ2v) is 5.15. The number of hydrogen-bond acceptors (Lipinski definition) is 3. The number of nitrogens with one attached hydrogen (secondary N) is 1. The summed E-state index contributed by atoms with van der Waals surface area (Å²) in [6, 6.07) is 8.30. The minimum Gasteiger partial charge on any atom is -0.388 e. The van der Waals surface area contributed by atoms with E-state index in [1.165, 1.54) is 0 Å². The van der Waals surface area contributed by atoms with Crippen molar-refractivity contribution in [1.82, 2.24) is 5.32 Å². The van der Waals surface area contributed by atoms with E-state index in [0.29, 0.717) is 0 Å². The maximum atomic E-state index is 11.0. The maximum Gasteiger partial charge on any atom is 0.217 e. The molecule has 2 atom stereocenters. The first-order valence-electron chi connectivity index (χ1n) is 6.90. The molecule has 104 valence electrons. The number of anilines is 1. The highest BCUT2D eigenvalue weighted by atomic mass is 16.3. The molecule has 1 saturated heterocycles. The summed E-state index contributed by atoms with van der Waals surface area (Å²) >= 11 is 0. The normalized spacial score (nSPS) is 20.4. The van der Waals surface area contributed by atoms with Gasteiger partial charge >= 0.3 is 0 Å². The zero-order valence-electron chi connectivity index (χ0n) is 11.6. The van der Waals surface area contributed by atoms with Gasteiger partial charge in [-0.05, 0) is 30.5 Å². The Morgan fingerprint density at radius 2 is 2.16 bits per heavy atom. The Balaban J connectivity index is 1.98. The van der Waals surface area contributed by atoms with Crippen LogP contribution in [0.4, 0.5) is 5.69 Å². The smallest absolute Gasteiger partial charge is 0.217 e. The molecule has 1 aliphatic heterocycles. The van der Waals surface area contributed by atoms with E-state index in [0.717, 1.165) is 37.2 Å². The molecule has 1 heterocycles. The standard InChI is InChI=1S/C15H22N2O2/c1-3-15(19)12-4-6-14(7-5-12)17-9-8-13(10-17)16-11(2)18/h4-7,13,15,19H,3,8-10H2,1-2H3,(H,16,18)/t13?,15-/m0/s1. The number of benzene rings is 1. The molecule has 19 heavy (non-hydrogen) atoms. The van der Waals surface area contributed by atoms with Crippen LogP contribution < -0.4 is 10.2 Å². The summed E-state index contributed by atoms with van der Waals surface area (Å²) in [5.41, 5.74) is 2.11. The van der Waals surface area contributed by atoms with Crippen LogP contribution in [-0.2, 0) is 4.79 Å². The van der Waals surface area contributed by atoms with Gasteiger partial charge in [0.15, 0.2) is 0 Å². The Morgan fingerprint density at radius 1 is 1.47 bits per heavy atom. The van der Waals surface area contributed by atoms with Crippen LogP contribution in [0.25, 0.3) is 0 Å². The van der Waals surface area contributed by atoms with Gasteiger partial charge in [-0.2, -0.15) is 0 Å². The van der Waals surface area contributed by atoms with Gasteiger partial charge in [0.2, 0.25) is 5.91 Å². The summed E-state index contributed by atoms with van der Waals surface area (Å²) in [6.45, 7) is 5.34. The molecule has 4 nitrogen and oxygen atoms in total. The Bertz CT molecular complexity index is 430. The molecule has 0 radical (unpaired) electrons. The van der Waals surface area contributed by atoms with E-state index < -0.39 is 0 Å². The molecule has 0 aromatic heterocycles. The Kier molecular flexibility index (Phi) is 4.43. The van der Waals surface area contributed by atoms with Crippen molar-refractivity contribution in [3.63, 3.8) is 0 Å². The highest BCUT2D eigenvalue weighted by Crippen LogP contribution is 2.23. The van der Waals surface area contributed by atoms with Crippen LogP contribution in [0.3, 0.4) is 0 Å². The van der Waals surface area contributed by atoms with Crippen LogP contribution in [0.2, 0.25) is 0 Å². The SMILES string of the molecule is CC[C@H](O)c1ccc(N2CCC(NC(C)=O)C2)cc1. The average Bonchev–Trinajstić information content (AvgIpc) is 2.85. The van der Waals surface area contributed by atoms with E-state index >= 15 is 0 Å². The summed E-state index contributed by atoms with van der Waals surface area (Å²) < 4.78 is 0. The molecule has 1 aliphatic rings. The topological polar surface area (TPSA) is 52.6 Å². The molecule has 1 aromatic carbocycles. The molecule has 0 bridgehead atoms. The van der Waals surface area contributed by atoms with Crippen LogP contribution in [0, 0.1) is 0 Å². The van der Waals surface area contributed by atoms with Gasteiger partial charge in [-0.15, -0.1) is 0 Å². The lowest BCUT2D eigenvalue weighted by atomic mass is 10.1. The minimum absolute atomic E-state index is 0.0354. The van der Waals surface area contributed by atoms with Crippen molar-refractivity contribution in [3.05, 3.63) is 29.8 Å². The van der Waals surface area contributed by atoms with E-state index in [1.54, 1.807) is 6.92 Å². The quantitative estimate of drug-likeness (QED) is 0.870. The summed E-state index contributed by atoms with van der Waals surface area (Å²) in [5, 5.41) is 12.7. The number of rotatable bonds is 4. The highest BCUT2D eigenvalue weighted by Gasteiger charge is 2.23. The van der Waals surface area contributed by atoms with Crippen molar-refractivity contribution in [3.8, 4) is 0 Å². The lowest BCUT2D eigenvalue weighted by Gasteiger charge is -2.19. The van der Waals surface area contributed by atoms with Crippen molar-refractivity contribution in [2.75, 3.05) is 18.0 Å². The lowest BCUT2D eigenvalue weighted by molar-refractivity contribution is -0.119. The monoisotopic (exact) mass is 262 g/mol. The molecule has 0 spiro atoms. The van der Waals surface area contributed by atoms with Crippen LogP contribution in [-0.4, -0.2) is 30.1 Å². The molecule has 1 aromatic rings. The fourth-order valence-electron chi connectivity index (χ4n) is 2.54. The van der Waals surface area contributed by atoms with Gasteiger partial charge in [0.25, 0.3) is 0 Å². The third-order valence-electron chi connectivity index (χ3n) is 3.63. The predicted molar refractivity (Wildman–Crippen MR) is 76.1 cm³/mol. The van der Waals surface area contributed by atoms with Crippen molar-refractivity contribution >= 4 is 11.6 Å². The third kappa shape index (κ3) is 3.47. The fraction of sp³-hybridized carbons (Fsp3) is 0.533. The van der Waals surface area contributed by atoms with Gasteiger partial charge < -0.3 is 15.3 Å². The van der Waals surface area contributed by atoms with Crippen molar-refractivity contribution < 1.29 is 9.90 Å². The molecule has 0 saturated carbocycles. The zero-order chi connectivity index (χ0) is 13.8. The van der Waals surface area contributed by atoms with Crippen LogP contribution in [0.1, 0.15) is 38.4 Å². The molecule has 0 aliphatic carbocycles. The summed E-state index contributed by atoms with van der Waals surface area (Å²) in [4.78, 5) is 13.3. The van der Waals surface area contributed by atoms with Gasteiger partial charge in [0.1, 0.15) is 0 Å². The van der Waals surface area contributed by atoms with Crippen molar-refractivity contribution in [2.24, 2.45) is 0 Å². The maximum absolute atomic E-state index is 11.0. The second-order valence-electron chi connectivity index (χ2n) is 5.15. The van der Waals surface area contributed by atoms with Crippen LogP contribution in [0.15, 0.2) is 24.3 Å².